The highest BCUT2D eigenvalue weighted by atomic mass is 79.9. The Hall–Kier alpha value is -1.02. The van der Waals surface area contributed by atoms with Gasteiger partial charge < -0.3 is 9.84 Å². The number of halogens is 1. The first kappa shape index (κ1) is 14.4. The van der Waals surface area contributed by atoms with Crippen molar-refractivity contribution in [3.8, 4) is 0 Å². The van der Waals surface area contributed by atoms with Crippen LogP contribution in [0.3, 0.4) is 0 Å². The van der Waals surface area contributed by atoms with Crippen molar-refractivity contribution in [3.63, 3.8) is 0 Å². The predicted octanol–water partition coefficient (Wildman–Crippen LogP) is 1.55. The summed E-state index contributed by atoms with van der Waals surface area (Å²) in [5.41, 5.74) is 0.942. The quantitative estimate of drug-likeness (QED) is 0.669. The smallest absolute Gasteiger partial charge is 0.283 e. The van der Waals surface area contributed by atoms with Gasteiger partial charge in [0.2, 0.25) is 0 Å². The Morgan fingerprint density at radius 1 is 1.58 bits per heavy atom. The number of rotatable bonds is 4. The van der Waals surface area contributed by atoms with Gasteiger partial charge in [-0.2, -0.15) is 0 Å². The molecule has 0 spiro atoms. The van der Waals surface area contributed by atoms with E-state index >= 15 is 0 Å². The number of nitro groups is 1. The summed E-state index contributed by atoms with van der Waals surface area (Å²) in [5.74, 6) is 0. The van der Waals surface area contributed by atoms with Gasteiger partial charge >= 0.3 is 0 Å². The Morgan fingerprint density at radius 2 is 2.37 bits per heavy atom. The van der Waals surface area contributed by atoms with Gasteiger partial charge in [0.25, 0.3) is 5.69 Å². The summed E-state index contributed by atoms with van der Waals surface area (Å²) in [5, 5.41) is 20.0. The van der Waals surface area contributed by atoms with Crippen LogP contribution in [-0.4, -0.2) is 47.3 Å². The van der Waals surface area contributed by atoms with Gasteiger partial charge in [0.1, 0.15) is 0 Å². The summed E-state index contributed by atoms with van der Waals surface area (Å²) in [6.07, 6.45) is -0.175. The van der Waals surface area contributed by atoms with Crippen LogP contribution in [-0.2, 0) is 11.3 Å². The van der Waals surface area contributed by atoms with E-state index in [2.05, 4.69) is 20.8 Å². The van der Waals surface area contributed by atoms with Gasteiger partial charge in [-0.25, -0.2) is 0 Å². The zero-order chi connectivity index (χ0) is 13.8. The van der Waals surface area contributed by atoms with Crippen LogP contribution in [0, 0.1) is 10.1 Å². The molecule has 0 saturated carbocycles. The van der Waals surface area contributed by atoms with Crippen molar-refractivity contribution in [1.82, 2.24) is 4.90 Å². The van der Waals surface area contributed by atoms with Gasteiger partial charge in [0.05, 0.1) is 28.7 Å². The summed E-state index contributed by atoms with van der Waals surface area (Å²) in [4.78, 5) is 12.6. The lowest BCUT2D eigenvalue weighted by molar-refractivity contribution is -0.385. The maximum Gasteiger partial charge on any atom is 0.283 e. The minimum atomic E-state index is -0.399. The Balaban J connectivity index is 2.10. The number of benzene rings is 1. The first-order valence-corrected chi connectivity index (χ1v) is 6.77. The minimum Gasteiger partial charge on any atom is -0.394 e. The fraction of sp³-hybridized carbons (Fsp3) is 0.500. The number of ether oxygens (including phenoxy) is 1. The zero-order valence-corrected chi connectivity index (χ0v) is 11.9. The van der Waals surface area contributed by atoms with Gasteiger partial charge in [-0.15, -0.1) is 0 Å². The molecule has 104 valence electrons. The number of hydrogen-bond donors (Lipinski definition) is 1. The van der Waals surface area contributed by atoms with Crippen LogP contribution < -0.4 is 0 Å². The molecule has 1 fully saturated rings. The second-order valence-corrected chi connectivity index (χ2v) is 5.21. The molecule has 1 aromatic carbocycles. The molecule has 0 amide bonds. The van der Waals surface area contributed by atoms with Crippen molar-refractivity contribution in [3.05, 3.63) is 38.3 Å². The van der Waals surface area contributed by atoms with E-state index < -0.39 is 4.92 Å². The summed E-state index contributed by atoms with van der Waals surface area (Å²) >= 11 is 3.29. The van der Waals surface area contributed by atoms with Crippen molar-refractivity contribution >= 4 is 21.6 Å². The van der Waals surface area contributed by atoms with Crippen molar-refractivity contribution in [2.24, 2.45) is 0 Å². The number of nitrogens with zero attached hydrogens (tertiary/aromatic N) is 2. The standard InChI is InChI=1S/C12H15BrN2O4/c13-12-9(2-1-3-11(12)15(17)18)6-14-4-5-19-10(7-14)8-16/h1-3,10,16H,4-8H2. The summed E-state index contributed by atoms with van der Waals surface area (Å²) < 4.78 is 5.90. The molecule has 1 aromatic rings. The largest absolute Gasteiger partial charge is 0.394 e. The lowest BCUT2D eigenvalue weighted by atomic mass is 10.1. The fourth-order valence-corrected chi connectivity index (χ4v) is 2.64. The Labute approximate surface area is 119 Å². The first-order valence-electron chi connectivity index (χ1n) is 5.98. The van der Waals surface area contributed by atoms with Crippen molar-refractivity contribution in [2.75, 3.05) is 26.3 Å². The number of aliphatic hydroxyl groups is 1. The van der Waals surface area contributed by atoms with Crippen LogP contribution >= 0.6 is 15.9 Å². The van der Waals surface area contributed by atoms with Crippen LogP contribution in [0.1, 0.15) is 5.56 Å². The maximum atomic E-state index is 10.9. The third-order valence-corrected chi connectivity index (χ3v) is 3.99. The van der Waals surface area contributed by atoms with E-state index in [1.807, 2.05) is 6.07 Å². The monoisotopic (exact) mass is 330 g/mol. The normalized spacial score (nSPS) is 20.4. The molecule has 1 heterocycles. The second kappa shape index (κ2) is 6.42. The Morgan fingerprint density at radius 3 is 3.05 bits per heavy atom. The van der Waals surface area contributed by atoms with E-state index in [0.717, 1.165) is 12.1 Å². The van der Waals surface area contributed by atoms with Crippen LogP contribution in [0.15, 0.2) is 22.7 Å². The number of aliphatic hydroxyl groups excluding tert-OH is 1. The average molecular weight is 331 g/mol. The molecule has 1 N–H and O–H groups in total. The maximum absolute atomic E-state index is 10.9. The van der Waals surface area contributed by atoms with Gasteiger partial charge in [0, 0.05) is 25.7 Å². The number of hydrogen-bond acceptors (Lipinski definition) is 5. The average Bonchev–Trinajstić information content (AvgIpc) is 2.41. The van der Waals surface area contributed by atoms with Gasteiger partial charge in [-0.05, 0) is 21.5 Å². The lowest BCUT2D eigenvalue weighted by Crippen LogP contribution is -2.43. The molecule has 1 unspecified atom stereocenters. The molecule has 1 atom stereocenters. The molecule has 0 aromatic heterocycles. The molecular weight excluding hydrogens is 316 g/mol. The van der Waals surface area contributed by atoms with Gasteiger partial charge in [-0.3, -0.25) is 15.0 Å². The van der Waals surface area contributed by atoms with E-state index in [-0.39, 0.29) is 18.4 Å². The molecule has 1 saturated heterocycles. The summed E-state index contributed by atoms with van der Waals surface area (Å²) in [6.45, 7) is 2.55. The highest BCUT2D eigenvalue weighted by Crippen LogP contribution is 2.29. The van der Waals surface area contributed by atoms with Crippen LogP contribution in [0.25, 0.3) is 0 Å². The molecule has 1 aliphatic heterocycles. The van der Waals surface area contributed by atoms with Crippen LogP contribution in [0.4, 0.5) is 5.69 Å². The predicted molar refractivity (Wildman–Crippen MR) is 72.9 cm³/mol. The summed E-state index contributed by atoms with van der Waals surface area (Å²) in [6, 6.07) is 5.02. The highest BCUT2D eigenvalue weighted by Gasteiger charge is 2.22. The topological polar surface area (TPSA) is 75.8 Å². The van der Waals surface area contributed by atoms with E-state index in [9.17, 15) is 10.1 Å². The summed E-state index contributed by atoms with van der Waals surface area (Å²) in [7, 11) is 0. The zero-order valence-electron chi connectivity index (χ0n) is 10.3. The van der Waals surface area contributed by atoms with Gasteiger partial charge in [-0.1, -0.05) is 12.1 Å². The molecule has 0 radical (unpaired) electrons. The molecule has 2 rings (SSSR count). The molecule has 1 aliphatic rings. The van der Waals surface area contributed by atoms with Crippen LogP contribution in [0.5, 0.6) is 0 Å². The molecule has 19 heavy (non-hydrogen) atoms. The Kier molecular flexibility index (Phi) is 4.87. The fourth-order valence-electron chi connectivity index (χ4n) is 2.10. The van der Waals surface area contributed by atoms with Crippen molar-refractivity contribution in [1.29, 1.82) is 0 Å². The molecule has 7 heteroatoms. The van der Waals surface area contributed by atoms with Gasteiger partial charge in [0.15, 0.2) is 0 Å². The first-order chi connectivity index (χ1) is 9.11. The van der Waals surface area contributed by atoms with E-state index in [4.69, 9.17) is 9.84 Å². The van der Waals surface area contributed by atoms with E-state index in [1.54, 1.807) is 6.07 Å². The third-order valence-electron chi connectivity index (χ3n) is 3.08. The van der Waals surface area contributed by atoms with E-state index in [0.29, 0.717) is 24.2 Å². The Bertz CT molecular complexity index is 469. The van der Waals surface area contributed by atoms with Crippen LogP contribution in [0.2, 0.25) is 0 Å². The molecule has 6 nitrogen and oxygen atoms in total. The minimum absolute atomic E-state index is 0.00733. The van der Waals surface area contributed by atoms with E-state index in [1.165, 1.54) is 6.07 Å². The van der Waals surface area contributed by atoms with Crippen molar-refractivity contribution < 1.29 is 14.8 Å². The molecule has 0 bridgehead atoms. The lowest BCUT2D eigenvalue weighted by Gasteiger charge is -2.32. The van der Waals surface area contributed by atoms with Crippen molar-refractivity contribution in [2.45, 2.75) is 12.6 Å². The second-order valence-electron chi connectivity index (χ2n) is 4.42. The molecular formula is C12H15BrN2O4. The highest BCUT2D eigenvalue weighted by molar-refractivity contribution is 9.10. The molecule has 0 aliphatic carbocycles. The third kappa shape index (κ3) is 3.50. The number of morpholine rings is 1. The number of nitro benzene ring substituents is 1. The SMILES string of the molecule is O=[N+]([O-])c1cccc(CN2CCOC(CO)C2)c1Br.